The van der Waals surface area contributed by atoms with Crippen LogP contribution in [0.1, 0.15) is 24.9 Å². The number of halogens is 1. The molecule has 0 aromatic heterocycles. The van der Waals surface area contributed by atoms with E-state index in [2.05, 4.69) is 10.1 Å². The Hall–Kier alpha value is -1.59. The van der Waals surface area contributed by atoms with E-state index in [-0.39, 0.29) is 43.2 Å². The predicted molar refractivity (Wildman–Crippen MR) is 79.4 cm³/mol. The van der Waals surface area contributed by atoms with Crippen LogP contribution in [0.25, 0.3) is 0 Å². The van der Waals surface area contributed by atoms with Crippen molar-refractivity contribution in [3.63, 3.8) is 0 Å². The molecule has 0 heterocycles. The summed E-state index contributed by atoms with van der Waals surface area (Å²) in [5.74, 6) is -0.821. The number of benzene rings is 1. The summed E-state index contributed by atoms with van der Waals surface area (Å²) >= 11 is 0. The highest BCUT2D eigenvalue weighted by Gasteiger charge is 2.21. The Bertz CT molecular complexity index is 426. The Labute approximate surface area is 125 Å². The van der Waals surface area contributed by atoms with Crippen molar-refractivity contribution in [3.05, 3.63) is 35.9 Å². The Morgan fingerprint density at radius 1 is 1.30 bits per heavy atom. The molecule has 2 atom stereocenters. The summed E-state index contributed by atoms with van der Waals surface area (Å²) in [5, 5.41) is 2.83. The zero-order valence-electron chi connectivity index (χ0n) is 11.7. The molecular formula is C14H21ClN2O3. The maximum Gasteiger partial charge on any atom is 0.307 e. The number of amides is 1. The Morgan fingerprint density at radius 3 is 2.40 bits per heavy atom. The van der Waals surface area contributed by atoms with Gasteiger partial charge in [0.15, 0.2) is 0 Å². The zero-order valence-corrected chi connectivity index (χ0v) is 12.5. The number of carbonyl (C=O) groups excluding carboxylic acids is 2. The number of ether oxygens (including phenoxy) is 1. The molecule has 0 spiro atoms. The third-order valence-corrected chi connectivity index (χ3v) is 2.92. The van der Waals surface area contributed by atoms with Crippen molar-refractivity contribution in [2.24, 2.45) is 11.7 Å². The monoisotopic (exact) mass is 300 g/mol. The van der Waals surface area contributed by atoms with Crippen LogP contribution in [0, 0.1) is 5.92 Å². The average Bonchev–Trinajstić information content (AvgIpc) is 2.46. The van der Waals surface area contributed by atoms with Crippen LogP contribution in [0.15, 0.2) is 30.3 Å². The lowest BCUT2D eigenvalue weighted by atomic mass is 10.0. The first kappa shape index (κ1) is 18.4. The van der Waals surface area contributed by atoms with Crippen molar-refractivity contribution in [2.45, 2.75) is 19.4 Å². The first-order valence-corrected chi connectivity index (χ1v) is 6.20. The van der Waals surface area contributed by atoms with Gasteiger partial charge in [-0.05, 0) is 5.56 Å². The SMILES string of the molecule is COC(=O)CC(NC(=O)C(C)CN)c1ccccc1.Cl. The van der Waals surface area contributed by atoms with Crippen LogP contribution in [0.3, 0.4) is 0 Å². The number of esters is 1. The third-order valence-electron chi connectivity index (χ3n) is 2.92. The minimum atomic E-state index is -0.393. The Kier molecular flexibility index (Phi) is 8.59. The quantitative estimate of drug-likeness (QED) is 0.779. The standard InChI is InChI=1S/C14H20N2O3.ClH/c1-10(9-15)14(18)16-12(8-13(17)19-2)11-6-4-3-5-7-11;/h3-7,10,12H,8-9,15H2,1-2H3,(H,16,18);1H. The molecular weight excluding hydrogens is 280 g/mol. The molecule has 5 nitrogen and oxygen atoms in total. The molecule has 0 saturated carbocycles. The topological polar surface area (TPSA) is 81.4 Å². The van der Waals surface area contributed by atoms with Gasteiger partial charge in [0.05, 0.1) is 19.6 Å². The highest BCUT2D eigenvalue weighted by atomic mass is 35.5. The van der Waals surface area contributed by atoms with Gasteiger partial charge in [0.1, 0.15) is 0 Å². The van der Waals surface area contributed by atoms with E-state index in [1.165, 1.54) is 7.11 Å². The Morgan fingerprint density at radius 2 is 1.90 bits per heavy atom. The molecule has 20 heavy (non-hydrogen) atoms. The first-order valence-electron chi connectivity index (χ1n) is 6.20. The van der Waals surface area contributed by atoms with Crippen LogP contribution < -0.4 is 11.1 Å². The molecule has 0 bridgehead atoms. The molecule has 3 N–H and O–H groups in total. The fraction of sp³-hybridized carbons (Fsp3) is 0.429. The van der Waals surface area contributed by atoms with E-state index >= 15 is 0 Å². The number of rotatable bonds is 6. The van der Waals surface area contributed by atoms with Gasteiger partial charge in [0.25, 0.3) is 0 Å². The summed E-state index contributed by atoms with van der Waals surface area (Å²) < 4.78 is 4.66. The summed E-state index contributed by atoms with van der Waals surface area (Å²) in [7, 11) is 1.33. The molecule has 1 aromatic rings. The smallest absolute Gasteiger partial charge is 0.307 e. The molecule has 1 aromatic carbocycles. The van der Waals surface area contributed by atoms with Crippen molar-refractivity contribution in [2.75, 3.05) is 13.7 Å². The lowest BCUT2D eigenvalue weighted by molar-refractivity contribution is -0.141. The molecule has 2 unspecified atom stereocenters. The van der Waals surface area contributed by atoms with Gasteiger partial charge in [-0.25, -0.2) is 0 Å². The van der Waals surface area contributed by atoms with Crippen molar-refractivity contribution in [1.29, 1.82) is 0 Å². The number of nitrogens with one attached hydrogen (secondary N) is 1. The first-order chi connectivity index (χ1) is 9.08. The van der Waals surface area contributed by atoms with E-state index in [0.29, 0.717) is 0 Å². The minimum absolute atomic E-state index is 0. The van der Waals surface area contributed by atoms with E-state index in [9.17, 15) is 9.59 Å². The van der Waals surface area contributed by atoms with Crippen molar-refractivity contribution < 1.29 is 14.3 Å². The maximum absolute atomic E-state index is 11.9. The zero-order chi connectivity index (χ0) is 14.3. The van der Waals surface area contributed by atoms with Crippen LogP contribution in [0.5, 0.6) is 0 Å². The van der Waals surface area contributed by atoms with Gasteiger partial charge < -0.3 is 15.8 Å². The highest BCUT2D eigenvalue weighted by Crippen LogP contribution is 2.17. The van der Waals surface area contributed by atoms with E-state index < -0.39 is 6.04 Å². The summed E-state index contributed by atoms with van der Waals surface area (Å²) in [6.45, 7) is 2.01. The summed E-state index contributed by atoms with van der Waals surface area (Å²) in [4.78, 5) is 23.3. The molecule has 1 amide bonds. The molecule has 0 saturated heterocycles. The maximum atomic E-state index is 11.9. The van der Waals surface area contributed by atoms with Gasteiger partial charge in [0, 0.05) is 12.5 Å². The van der Waals surface area contributed by atoms with Gasteiger partial charge in [-0.2, -0.15) is 0 Å². The number of hydrogen-bond acceptors (Lipinski definition) is 4. The molecule has 0 fully saturated rings. The normalized spacial score (nSPS) is 12.8. The summed E-state index contributed by atoms with van der Waals surface area (Å²) in [6, 6.07) is 8.93. The molecule has 112 valence electrons. The van der Waals surface area contributed by atoms with E-state index in [4.69, 9.17) is 5.73 Å². The number of carbonyl (C=O) groups is 2. The lowest BCUT2D eigenvalue weighted by Gasteiger charge is -2.20. The molecule has 0 radical (unpaired) electrons. The molecule has 6 heteroatoms. The molecule has 0 aliphatic heterocycles. The molecule has 1 rings (SSSR count). The largest absolute Gasteiger partial charge is 0.469 e. The second kappa shape index (κ2) is 9.34. The van der Waals surface area contributed by atoms with Crippen LogP contribution in [-0.4, -0.2) is 25.5 Å². The van der Waals surface area contributed by atoms with Gasteiger partial charge in [-0.3, -0.25) is 9.59 Å². The lowest BCUT2D eigenvalue weighted by Crippen LogP contribution is -2.36. The number of methoxy groups -OCH3 is 1. The second-order valence-corrected chi connectivity index (χ2v) is 4.39. The van der Waals surface area contributed by atoms with Crippen LogP contribution in [0.4, 0.5) is 0 Å². The number of hydrogen-bond donors (Lipinski definition) is 2. The highest BCUT2D eigenvalue weighted by molar-refractivity contribution is 5.85. The molecule has 0 aliphatic carbocycles. The average molecular weight is 301 g/mol. The van der Waals surface area contributed by atoms with Crippen LogP contribution in [0.2, 0.25) is 0 Å². The van der Waals surface area contributed by atoms with Crippen LogP contribution in [-0.2, 0) is 14.3 Å². The fourth-order valence-corrected chi connectivity index (χ4v) is 1.61. The second-order valence-electron chi connectivity index (χ2n) is 4.39. The fourth-order valence-electron chi connectivity index (χ4n) is 1.61. The summed E-state index contributed by atoms with van der Waals surface area (Å²) in [6.07, 6.45) is 0.101. The van der Waals surface area contributed by atoms with Gasteiger partial charge in [-0.15, -0.1) is 12.4 Å². The van der Waals surface area contributed by atoms with Gasteiger partial charge >= 0.3 is 5.97 Å². The van der Waals surface area contributed by atoms with Crippen molar-refractivity contribution in [1.82, 2.24) is 5.32 Å². The van der Waals surface area contributed by atoms with Crippen molar-refractivity contribution in [3.8, 4) is 0 Å². The van der Waals surface area contributed by atoms with E-state index in [1.807, 2.05) is 30.3 Å². The van der Waals surface area contributed by atoms with E-state index in [0.717, 1.165) is 5.56 Å². The number of nitrogens with two attached hydrogens (primary N) is 1. The van der Waals surface area contributed by atoms with Gasteiger partial charge in [0.2, 0.25) is 5.91 Å². The van der Waals surface area contributed by atoms with Gasteiger partial charge in [-0.1, -0.05) is 37.3 Å². The predicted octanol–water partition coefficient (Wildman–Crippen LogP) is 1.42. The summed E-state index contributed by atoms with van der Waals surface area (Å²) in [5.41, 5.74) is 6.33. The molecule has 0 aliphatic rings. The van der Waals surface area contributed by atoms with Crippen LogP contribution >= 0.6 is 12.4 Å². The Balaban J connectivity index is 0.00000361. The van der Waals surface area contributed by atoms with E-state index in [1.54, 1.807) is 6.92 Å². The van der Waals surface area contributed by atoms with Crippen molar-refractivity contribution >= 4 is 24.3 Å². The minimum Gasteiger partial charge on any atom is -0.469 e. The third kappa shape index (κ3) is 5.59.